The molecule has 16 heavy (non-hydrogen) atoms. The van der Waals surface area contributed by atoms with Gasteiger partial charge in [-0.1, -0.05) is 12.1 Å². The van der Waals surface area contributed by atoms with Gasteiger partial charge in [0, 0.05) is 0 Å². The zero-order valence-corrected chi connectivity index (χ0v) is 9.38. The monoisotopic (exact) mass is 239 g/mol. The van der Waals surface area contributed by atoms with Crippen molar-refractivity contribution in [1.29, 1.82) is 0 Å². The second kappa shape index (κ2) is 5.42. The molecule has 0 bridgehead atoms. The largest absolute Gasteiger partial charge is 0.325 e. The standard InChI is InChI=1S/C11H10ClNO3/c1-7(14)6-10(15)13-9-5-3-2-4-8(9)11(12)16/h2-5H,6H2,1H3,(H,13,15). The first-order valence-corrected chi connectivity index (χ1v) is 4.96. The number of Topliss-reactive ketones (excluding diaryl/α,β-unsaturated/α-hetero) is 1. The summed E-state index contributed by atoms with van der Waals surface area (Å²) < 4.78 is 0. The zero-order valence-electron chi connectivity index (χ0n) is 8.62. The number of para-hydroxylation sites is 1. The number of rotatable bonds is 4. The second-order valence-electron chi connectivity index (χ2n) is 3.25. The maximum Gasteiger partial charge on any atom is 0.254 e. The molecule has 0 aliphatic heterocycles. The fraction of sp³-hybridized carbons (Fsp3) is 0.182. The number of hydrogen-bond donors (Lipinski definition) is 1. The summed E-state index contributed by atoms with van der Waals surface area (Å²) in [5, 5.41) is 1.80. The van der Waals surface area contributed by atoms with E-state index in [1.807, 2.05) is 0 Å². The molecule has 0 saturated carbocycles. The Labute approximate surface area is 97.6 Å². The Hall–Kier alpha value is -1.68. The molecule has 0 aliphatic carbocycles. The van der Waals surface area contributed by atoms with Crippen LogP contribution in [0.2, 0.25) is 0 Å². The molecule has 84 valence electrons. The van der Waals surface area contributed by atoms with Crippen molar-refractivity contribution in [3.63, 3.8) is 0 Å². The summed E-state index contributed by atoms with van der Waals surface area (Å²) in [7, 11) is 0. The lowest BCUT2D eigenvalue weighted by atomic mass is 10.2. The minimum absolute atomic E-state index is 0.209. The molecule has 5 heteroatoms. The molecule has 1 aromatic carbocycles. The summed E-state index contributed by atoms with van der Waals surface area (Å²) in [4.78, 5) is 33.0. The van der Waals surface area contributed by atoms with Crippen LogP contribution >= 0.6 is 11.6 Å². The predicted molar refractivity (Wildman–Crippen MR) is 60.6 cm³/mol. The molecule has 0 unspecified atom stereocenters. The lowest BCUT2D eigenvalue weighted by Crippen LogP contribution is -2.16. The van der Waals surface area contributed by atoms with Crippen molar-refractivity contribution in [1.82, 2.24) is 0 Å². The van der Waals surface area contributed by atoms with E-state index in [0.29, 0.717) is 5.69 Å². The summed E-state index contributed by atoms with van der Waals surface area (Å²) in [6.45, 7) is 1.32. The normalized spacial score (nSPS) is 9.62. The lowest BCUT2D eigenvalue weighted by molar-refractivity contribution is -0.124. The number of carbonyl (C=O) groups excluding carboxylic acids is 3. The van der Waals surface area contributed by atoms with Crippen molar-refractivity contribution in [2.45, 2.75) is 13.3 Å². The molecule has 1 amide bonds. The molecule has 0 aliphatic rings. The van der Waals surface area contributed by atoms with Crippen LogP contribution in [0.15, 0.2) is 24.3 Å². The van der Waals surface area contributed by atoms with Crippen LogP contribution in [0.25, 0.3) is 0 Å². The van der Waals surface area contributed by atoms with Crippen molar-refractivity contribution >= 4 is 34.2 Å². The van der Waals surface area contributed by atoms with Crippen LogP contribution in [0.3, 0.4) is 0 Å². The lowest BCUT2D eigenvalue weighted by Gasteiger charge is -2.06. The van der Waals surface area contributed by atoms with Gasteiger partial charge < -0.3 is 5.32 Å². The average Bonchev–Trinajstić information content (AvgIpc) is 2.16. The summed E-state index contributed by atoms with van der Waals surface area (Å²) in [5.74, 6) is -0.704. The van der Waals surface area contributed by atoms with E-state index in [0.717, 1.165) is 0 Å². The van der Waals surface area contributed by atoms with Crippen LogP contribution in [0, 0.1) is 0 Å². The fourth-order valence-electron chi connectivity index (χ4n) is 1.18. The summed E-state index contributed by atoms with van der Waals surface area (Å²) >= 11 is 5.34. The third-order valence-corrected chi connectivity index (χ3v) is 2.03. The highest BCUT2D eigenvalue weighted by molar-refractivity contribution is 6.68. The number of nitrogens with one attached hydrogen (secondary N) is 1. The van der Waals surface area contributed by atoms with E-state index >= 15 is 0 Å². The molecule has 1 N–H and O–H groups in total. The van der Waals surface area contributed by atoms with Gasteiger partial charge in [-0.05, 0) is 30.7 Å². The first kappa shape index (κ1) is 12.4. The third-order valence-electron chi connectivity index (χ3n) is 1.82. The van der Waals surface area contributed by atoms with Gasteiger partial charge in [-0.2, -0.15) is 0 Å². The van der Waals surface area contributed by atoms with Crippen LogP contribution in [0.1, 0.15) is 23.7 Å². The molecule has 0 heterocycles. The molecule has 4 nitrogen and oxygen atoms in total. The van der Waals surface area contributed by atoms with Gasteiger partial charge >= 0.3 is 0 Å². The molecular weight excluding hydrogens is 230 g/mol. The predicted octanol–water partition coefficient (Wildman–Crippen LogP) is 1.98. The molecule has 0 atom stereocenters. The van der Waals surface area contributed by atoms with Gasteiger partial charge in [-0.25, -0.2) is 0 Å². The van der Waals surface area contributed by atoms with Crippen molar-refractivity contribution in [2.75, 3.05) is 5.32 Å². The first-order chi connectivity index (χ1) is 7.50. The molecule has 0 spiro atoms. The molecule has 1 aromatic rings. The number of carbonyl (C=O) groups is 3. The highest BCUT2D eigenvalue weighted by Gasteiger charge is 2.11. The fourth-order valence-corrected chi connectivity index (χ4v) is 1.35. The highest BCUT2D eigenvalue weighted by atomic mass is 35.5. The van der Waals surface area contributed by atoms with Crippen molar-refractivity contribution in [3.8, 4) is 0 Å². The number of ketones is 1. The van der Waals surface area contributed by atoms with E-state index in [4.69, 9.17) is 11.6 Å². The van der Waals surface area contributed by atoms with Gasteiger partial charge in [0.15, 0.2) is 0 Å². The van der Waals surface area contributed by atoms with Crippen molar-refractivity contribution in [2.24, 2.45) is 0 Å². The first-order valence-electron chi connectivity index (χ1n) is 4.59. The SMILES string of the molecule is CC(=O)CC(=O)Nc1ccccc1C(=O)Cl. The number of benzene rings is 1. The van der Waals surface area contributed by atoms with Crippen LogP contribution in [0.5, 0.6) is 0 Å². The van der Waals surface area contributed by atoms with E-state index in [2.05, 4.69) is 5.32 Å². The van der Waals surface area contributed by atoms with Gasteiger partial charge in [0.2, 0.25) is 5.91 Å². The Kier molecular flexibility index (Phi) is 4.19. The van der Waals surface area contributed by atoms with Gasteiger partial charge in [0.25, 0.3) is 5.24 Å². The maximum atomic E-state index is 11.3. The maximum absolute atomic E-state index is 11.3. The van der Waals surface area contributed by atoms with Gasteiger partial charge in [-0.3, -0.25) is 14.4 Å². The third kappa shape index (κ3) is 3.47. The van der Waals surface area contributed by atoms with E-state index in [9.17, 15) is 14.4 Å². The van der Waals surface area contributed by atoms with Crippen LogP contribution in [-0.2, 0) is 9.59 Å². The van der Waals surface area contributed by atoms with Crippen molar-refractivity contribution in [3.05, 3.63) is 29.8 Å². The van der Waals surface area contributed by atoms with E-state index < -0.39 is 11.1 Å². The van der Waals surface area contributed by atoms with Crippen LogP contribution in [-0.4, -0.2) is 16.9 Å². The number of halogens is 1. The smallest absolute Gasteiger partial charge is 0.254 e. The van der Waals surface area contributed by atoms with Gasteiger partial charge in [0.05, 0.1) is 17.7 Å². The molecule has 0 saturated heterocycles. The second-order valence-corrected chi connectivity index (χ2v) is 3.59. The average molecular weight is 240 g/mol. The minimum Gasteiger partial charge on any atom is -0.325 e. The number of hydrogen-bond acceptors (Lipinski definition) is 3. The Morgan fingerprint density at radius 2 is 1.88 bits per heavy atom. The van der Waals surface area contributed by atoms with Gasteiger partial charge in [0.1, 0.15) is 5.78 Å². The number of amides is 1. The highest BCUT2D eigenvalue weighted by Crippen LogP contribution is 2.17. The molecule has 1 rings (SSSR count). The Balaban J connectivity index is 2.84. The van der Waals surface area contributed by atoms with E-state index in [1.54, 1.807) is 18.2 Å². The molecule has 0 fully saturated rings. The Morgan fingerprint density at radius 1 is 1.25 bits per heavy atom. The molecule has 0 aromatic heterocycles. The van der Waals surface area contributed by atoms with E-state index in [-0.39, 0.29) is 17.8 Å². The minimum atomic E-state index is -0.654. The molecular formula is C11H10ClNO3. The van der Waals surface area contributed by atoms with E-state index in [1.165, 1.54) is 13.0 Å². The zero-order chi connectivity index (χ0) is 12.1. The summed E-state index contributed by atoms with van der Waals surface area (Å²) in [5.41, 5.74) is 0.523. The Bertz CT molecular complexity index is 443. The quantitative estimate of drug-likeness (QED) is 0.646. The Morgan fingerprint density at radius 3 is 2.44 bits per heavy atom. The van der Waals surface area contributed by atoms with Crippen LogP contribution < -0.4 is 5.32 Å². The van der Waals surface area contributed by atoms with Crippen molar-refractivity contribution < 1.29 is 14.4 Å². The van der Waals surface area contributed by atoms with Gasteiger partial charge in [-0.15, -0.1) is 0 Å². The summed E-state index contributed by atoms with van der Waals surface area (Å²) in [6, 6.07) is 6.34. The summed E-state index contributed by atoms with van der Waals surface area (Å²) in [6.07, 6.45) is -0.217. The topological polar surface area (TPSA) is 63.2 Å². The number of anilines is 1. The van der Waals surface area contributed by atoms with Crippen LogP contribution in [0.4, 0.5) is 5.69 Å². The molecule has 0 radical (unpaired) electrons.